The van der Waals surface area contributed by atoms with Crippen LogP contribution in [-0.2, 0) is 16.0 Å². The van der Waals surface area contributed by atoms with Crippen LogP contribution in [0.5, 0.6) is 0 Å². The van der Waals surface area contributed by atoms with Gasteiger partial charge in [-0.15, -0.1) is 11.3 Å². The molecule has 1 aromatic heterocycles. The highest BCUT2D eigenvalue weighted by atomic mass is 32.1. The number of hydrogen-bond donors (Lipinski definition) is 3. The van der Waals surface area contributed by atoms with E-state index in [1.807, 2.05) is 0 Å². The fraction of sp³-hybridized carbons (Fsp3) is 0.444. The van der Waals surface area contributed by atoms with Crippen molar-refractivity contribution in [2.45, 2.75) is 25.8 Å². The maximum absolute atomic E-state index is 11.5. The smallest absolute Gasteiger partial charge is 0.242 e. The van der Waals surface area contributed by atoms with E-state index in [9.17, 15) is 9.59 Å². The number of carbonyl (C=O) groups excluding carboxylic acids is 2. The van der Waals surface area contributed by atoms with E-state index in [1.54, 1.807) is 19.2 Å². The van der Waals surface area contributed by atoms with Crippen LogP contribution in [0.3, 0.4) is 0 Å². The number of nitrogen functional groups attached to an aromatic ring is 1. The van der Waals surface area contributed by atoms with E-state index in [-0.39, 0.29) is 12.3 Å². The average molecular weight is 242 g/mol. The van der Waals surface area contributed by atoms with Gasteiger partial charge in [0.2, 0.25) is 11.8 Å². The van der Waals surface area contributed by atoms with Crippen LogP contribution in [0.4, 0.5) is 5.13 Å². The van der Waals surface area contributed by atoms with Gasteiger partial charge >= 0.3 is 0 Å². The summed E-state index contributed by atoms with van der Waals surface area (Å²) in [6.07, 6.45) is 0.0877. The second kappa shape index (κ2) is 4.48. The Balaban J connectivity index is 2.58. The minimum absolute atomic E-state index is 0.0877. The van der Waals surface area contributed by atoms with Crippen LogP contribution in [0.25, 0.3) is 0 Å². The number of nitrogens with zero attached hydrogens (tertiary/aromatic N) is 1. The highest BCUT2D eigenvalue weighted by Gasteiger charge is 2.26. The van der Waals surface area contributed by atoms with Gasteiger partial charge in [-0.1, -0.05) is 0 Å². The molecule has 0 saturated carbocycles. The molecule has 0 aliphatic rings. The normalized spacial score (nSPS) is 11.1. The molecule has 0 atom stereocenters. The van der Waals surface area contributed by atoms with E-state index in [0.29, 0.717) is 10.8 Å². The summed E-state index contributed by atoms with van der Waals surface area (Å²) < 4.78 is 0. The van der Waals surface area contributed by atoms with Crippen molar-refractivity contribution in [3.8, 4) is 0 Å². The summed E-state index contributed by atoms with van der Waals surface area (Å²) in [6, 6.07) is 0. The lowest BCUT2D eigenvalue weighted by molar-refractivity contribution is -0.130. The SMILES string of the molecule is CC(C)(NC(=O)Cc1csc(N)n1)C(N)=O. The van der Waals surface area contributed by atoms with Crippen LogP contribution < -0.4 is 16.8 Å². The molecular weight excluding hydrogens is 228 g/mol. The van der Waals surface area contributed by atoms with Crippen molar-refractivity contribution < 1.29 is 9.59 Å². The van der Waals surface area contributed by atoms with Gasteiger partial charge in [-0.05, 0) is 13.8 Å². The minimum Gasteiger partial charge on any atom is -0.375 e. The highest BCUT2D eigenvalue weighted by Crippen LogP contribution is 2.11. The van der Waals surface area contributed by atoms with Crippen molar-refractivity contribution in [1.82, 2.24) is 10.3 Å². The third-order valence-electron chi connectivity index (χ3n) is 1.98. The van der Waals surface area contributed by atoms with Crippen LogP contribution in [0.1, 0.15) is 19.5 Å². The van der Waals surface area contributed by atoms with Crippen molar-refractivity contribution in [3.63, 3.8) is 0 Å². The van der Waals surface area contributed by atoms with Crippen LogP contribution in [0.15, 0.2) is 5.38 Å². The standard InChI is InChI=1S/C9H14N4O2S/c1-9(2,7(10)15)13-6(14)3-5-4-16-8(11)12-5/h4H,3H2,1-2H3,(H2,10,15)(H2,11,12)(H,13,14). The second-order valence-electron chi connectivity index (χ2n) is 3.89. The Labute approximate surface area is 97.0 Å². The van der Waals surface area contributed by atoms with E-state index in [1.165, 1.54) is 11.3 Å². The van der Waals surface area contributed by atoms with E-state index in [4.69, 9.17) is 11.5 Å². The first kappa shape index (κ1) is 12.4. The third-order valence-corrected chi connectivity index (χ3v) is 2.70. The van der Waals surface area contributed by atoms with Gasteiger partial charge in [0.1, 0.15) is 5.54 Å². The molecule has 16 heavy (non-hydrogen) atoms. The number of carbonyl (C=O) groups is 2. The van der Waals surface area contributed by atoms with Crippen LogP contribution >= 0.6 is 11.3 Å². The molecule has 2 amide bonds. The maximum atomic E-state index is 11.5. The molecule has 0 aliphatic carbocycles. The van der Waals surface area contributed by atoms with Crippen molar-refractivity contribution in [3.05, 3.63) is 11.1 Å². The average Bonchev–Trinajstić information content (AvgIpc) is 2.49. The zero-order valence-corrected chi connectivity index (χ0v) is 9.93. The molecule has 88 valence electrons. The quantitative estimate of drug-likeness (QED) is 0.670. The molecule has 7 heteroatoms. The molecule has 6 nitrogen and oxygen atoms in total. The summed E-state index contributed by atoms with van der Waals surface area (Å²) in [7, 11) is 0. The van der Waals surface area contributed by atoms with E-state index < -0.39 is 11.4 Å². The predicted molar refractivity (Wildman–Crippen MR) is 61.6 cm³/mol. The van der Waals surface area contributed by atoms with Gasteiger partial charge < -0.3 is 16.8 Å². The minimum atomic E-state index is -1.06. The first-order chi connectivity index (χ1) is 7.31. The number of nitrogens with two attached hydrogens (primary N) is 2. The topological polar surface area (TPSA) is 111 Å². The summed E-state index contributed by atoms with van der Waals surface area (Å²) in [5, 5.41) is 4.64. The number of thiazole rings is 1. The Bertz CT molecular complexity index is 413. The molecule has 5 N–H and O–H groups in total. The number of primary amides is 1. The number of anilines is 1. The zero-order chi connectivity index (χ0) is 12.3. The molecule has 0 aliphatic heterocycles. The number of amides is 2. The van der Waals surface area contributed by atoms with Gasteiger partial charge in [-0.25, -0.2) is 4.98 Å². The Morgan fingerprint density at radius 2 is 2.19 bits per heavy atom. The van der Waals surface area contributed by atoms with E-state index >= 15 is 0 Å². The van der Waals surface area contributed by atoms with Crippen LogP contribution in [0, 0.1) is 0 Å². The molecule has 1 rings (SSSR count). The monoisotopic (exact) mass is 242 g/mol. The van der Waals surface area contributed by atoms with Gasteiger partial charge in [-0.2, -0.15) is 0 Å². The number of rotatable bonds is 4. The van der Waals surface area contributed by atoms with Gasteiger partial charge in [-0.3, -0.25) is 9.59 Å². The first-order valence-corrected chi connectivity index (χ1v) is 5.50. The van der Waals surface area contributed by atoms with Gasteiger partial charge in [0.05, 0.1) is 12.1 Å². The lowest BCUT2D eigenvalue weighted by Gasteiger charge is -2.21. The largest absolute Gasteiger partial charge is 0.375 e. The summed E-state index contributed by atoms with van der Waals surface area (Å²) in [5.41, 5.74) is 10.1. The molecule has 1 aromatic rings. The van der Waals surface area contributed by atoms with Gasteiger partial charge in [0.15, 0.2) is 5.13 Å². The van der Waals surface area contributed by atoms with Gasteiger partial charge in [0.25, 0.3) is 0 Å². The summed E-state index contributed by atoms with van der Waals surface area (Å²) in [5.74, 6) is -0.896. The molecule has 0 aromatic carbocycles. The molecular formula is C9H14N4O2S. The van der Waals surface area contributed by atoms with Crippen LogP contribution in [-0.4, -0.2) is 22.3 Å². The Hall–Kier alpha value is -1.63. The molecule has 0 fully saturated rings. The first-order valence-electron chi connectivity index (χ1n) is 4.62. The van der Waals surface area contributed by atoms with E-state index in [0.717, 1.165) is 0 Å². The number of nitrogens with one attached hydrogen (secondary N) is 1. The molecule has 0 spiro atoms. The number of aromatic nitrogens is 1. The van der Waals surface area contributed by atoms with Crippen molar-refractivity contribution in [2.75, 3.05) is 5.73 Å². The fourth-order valence-electron chi connectivity index (χ4n) is 1.02. The van der Waals surface area contributed by atoms with E-state index in [2.05, 4.69) is 10.3 Å². The molecule has 0 unspecified atom stereocenters. The lowest BCUT2D eigenvalue weighted by Crippen LogP contribution is -2.53. The van der Waals surface area contributed by atoms with Crippen molar-refractivity contribution in [2.24, 2.45) is 5.73 Å². The maximum Gasteiger partial charge on any atom is 0.242 e. The highest BCUT2D eigenvalue weighted by molar-refractivity contribution is 7.13. The summed E-state index contributed by atoms with van der Waals surface area (Å²) in [6.45, 7) is 3.09. The predicted octanol–water partition coefficient (Wildman–Crippen LogP) is -0.352. The molecule has 0 saturated heterocycles. The summed E-state index contributed by atoms with van der Waals surface area (Å²) >= 11 is 1.27. The fourth-order valence-corrected chi connectivity index (χ4v) is 1.59. The summed E-state index contributed by atoms with van der Waals surface area (Å²) in [4.78, 5) is 26.5. The zero-order valence-electron chi connectivity index (χ0n) is 9.11. The lowest BCUT2D eigenvalue weighted by atomic mass is 10.0. The van der Waals surface area contributed by atoms with Crippen LogP contribution in [0.2, 0.25) is 0 Å². The Morgan fingerprint density at radius 3 is 2.62 bits per heavy atom. The van der Waals surface area contributed by atoms with Crippen molar-refractivity contribution in [1.29, 1.82) is 0 Å². The van der Waals surface area contributed by atoms with Gasteiger partial charge in [0, 0.05) is 5.38 Å². The Morgan fingerprint density at radius 1 is 1.56 bits per heavy atom. The third kappa shape index (κ3) is 3.20. The second-order valence-corrected chi connectivity index (χ2v) is 4.78. The molecule has 0 bridgehead atoms. The molecule has 0 radical (unpaired) electrons. The van der Waals surface area contributed by atoms with Crippen molar-refractivity contribution >= 4 is 28.3 Å². The number of hydrogen-bond acceptors (Lipinski definition) is 5. The molecule has 1 heterocycles. The Kier molecular flexibility index (Phi) is 3.48.